The number of hydrogen-bond acceptors (Lipinski definition) is 3. The van der Waals surface area contributed by atoms with Gasteiger partial charge in [0.15, 0.2) is 0 Å². The summed E-state index contributed by atoms with van der Waals surface area (Å²) in [7, 11) is -3.46. The zero-order chi connectivity index (χ0) is 13.6. The lowest BCUT2D eigenvalue weighted by atomic mass is 10.2. The number of benzene rings is 1. The van der Waals surface area contributed by atoms with Crippen LogP contribution in [0.4, 0.5) is 0 Å². The van der Waals surface area contributed by atoms with Gasteiger partial charge in [-0.25, -0.2) is 8.42 Å². The van der Waals surface area contributed by atoms with E-state index in [1.54, 1.807) is 12.1 Å². The molecule has 0 bridgehead atoms. The number of halogens is 1. The molecular formula is C11H15ClN2O3S. The molecule has 0 aliphatic heterocycles. The molecule has 0 radical (unpaired) electrons. The highest BCUT2D eigenvalue weighted by Crippen LogP contribution is 2.09. The van der Waals surface area contributed by atoms with Crippen molar-refractivity contribution >= 4 is 27.5 Å². The normalized spacial score (nSPS) is 11.2. The maximum atomic E-state index is 11.6. The van der Waals surface area contributed by atoms with E-state index in [-0.39, 0.29) is 5.75 Å². The highest BCUT2D eigenvalue weighted by molar-refractivity contribution is 7.89. The summed E-state index contributed by atoms with van der Waals surface area (Å²) < 4.78 is 22.9. The Morgan fingerprint density at radius 3 is 2.44 bits per heavy atom. The van der Waals surface area contributed by atoms with E-state index >= 15 is 0 Å². The standard InChI is InChI=1S/C11H15ClN2O3S/c1-2-3-8-18(16,17)14-13-11(15)9-4-6-10(12)7-5-9/h4-7,14H,2-3,8H2,1H3,(H,13,15). The molecule has 0 aliphatic rings. The fraction of sp³-hybridized carbons (Fsp3) is 0.364. The van der Waals surface area contributed by atoms with Crippen LogP contribution in [0.3, 0.4) is 0 Å². The third-order valence-corrected chi connectivity index (χ3v) is 3.68. The van der Waals surface area contributed by atoms with Crippen LogP contribution in [0.25, 0.3) is 0 Å². The number of rotatable bonds is 6. The van der Waals surface area contributed by atoms with Gasteiger partial charge in [0.2, 0.25) is 10.0 Å². The monoisotopic (exact) mass is 290 g/mol. The van der Waals surface area contributed by atoms with Crippen molar-refractivity contribution in [3.8, 4) is 0 Å². The zero-order valence-electron chi connectivity index (χ0n) is 9.94. The molecule has 1 amide bonds. The van der Waals surface area contributed by atoms with Crippen LogP contribution in [0.5, 0.6) is 0 Å². The first-order valence-electron chi connectivity index (χ1n) is 5.50. The van der Waals surface area contributed by atoms with Gasteiger partial charge in [0.05, 0.1) is 5.75 Å². The van der Waals surface area contributed by atoms with Crippen LogP contribution in [-0.2, 0) is 10.0 Å². The molecule has 0 aromatic heterocycles. The van der Waals surface area contributed by atoms with Gasteiger partial charge in [-0.3, -0.25) is 10.2 Å². The Hall–Kier alpha value is -1.11. The van der Waals surface area contributed by atoms with E-state index in [1.807, 2.05) is 11.8 Å². The lowest BCUT2D eigenvalue weighted by molar-refractivity contribution is 0.0945. The maximum absolute atomic E-state index is 11.6. The fourth-order valence-corrected chi connectivity index (χ4v) is 2.33. The molecule has 100 valence electrons. The van der Waals surface area contributed by atoms with Crippen molar-refractivity contribution in [1.29, 1.82) is 0 Å². The molecule has 1 aromatic rings. The van der Waals surface area contributed by atoms with Crippen LogP contribution in [0.15, 0.2) is 24.3 Å². The van der Waals surface area contributed by atoms with E-state index in [1.165, 1.54) is 12.1 Å². The Bertz CT molecular complexity index is 500. The smallest absolute Gasteiger partial charge is 0.266 e. The molecule has 1 aromatic carbocycles. The van der Waals surface area contributed by atoms with E-state index in [2.05, 4.69) is 5.43 Å². The van der Waals surface area contributed by atoms with E-state index in [0.717, 1.165) is 6.42 Å². The number of amides is 1. The van der Waals surface area contributed by atoms with Crippen LogP contribution < -0.4 is 10.3 Å². The predicted octanol–water partition coefficient (Wildman–Crippen LogP) is 1.70. The molecule has 7 heteroatoms. The molecule has 5 nitrogen and oxygen atoms in total. The number of unbranched alkanes of at least 4 members (excludes halogenated alkanes) is 1. The molecule has 1 rings (SSSR count). The van der Waals surface area contributed by atoms with E-state index < -0.39 is 15.9 Å². The van der Waals surface area contributed by atoms with Gasteiger partial charge in [-0.1, -0.05) is 24.9 Å². The quantitative estimate of drug-likeness (QED) is 0.783. The summed E-state index contributed by atoms with van der Waals surface area (Å²) in [6.07, 6.45) is 1.32. The predicted molar refractivity (Wildman–Crippen MR) is 70.7 cm³/mol. The van der Waals surface area contributed by atoms with Crippen molar-refractivity contribution in [2.24, 2.45) is 0 Å². The number of carbonyl (C=O) groups is 1. The Balaban J connectivity index is 2.53. The lowest BCUT2D eigenvalue weighted by Gasteiger charge is -2.07. The summed E-state index contributed by atoms with van der Waals surface area (Å²) in [6, 6.07) is 6.14. The number of nitrogens with one attached hydrogen (secondary N) is 2. The summed E-state index contributed by atoms with van der Waals surface area (Å²) in [6.45, 7) is 1.89. The van der Waals surface area contributed by atoms with Gasteiger partial charge < -0.3 is 0 Å². The Morgan fingerprint density at radius 1 is 1.28 bits per heavy atom. The molecule has 0 spiro atoms. The first-order chi connectivity index (χ1) is 8.44. The van der Waals surface area contributed by atoms with Crippen LogP contribution in [0.2, 0.25) is 5.02 Å². The molecule has 18 heavy (non-hydrogen) atoms. The lowest BCUT2D eigenvalue weighted by Crippen LogP contribution is -2.42. The number of hydrogen-bond donors (Lipinski definition) is 2. The molecule has 0 heterocycles. The van der Waals surface area contributed by atoms with Gasteiger partial charge in [-0.05, 0) is 30.7 Å². The second-order valence-corrected chi connectivity index (χ2v) is 6.01. The second-order valence-electron chi connectivity index (χ2n) is 3.74. The summed E-state index contributed by atoms with van der Waals surface area (Å²) in [4.78, 5) is 13.6. The molecule has 0 saturated heterocycles. The van der Waals surface area contributed by atoms with Crippen LogP contribution in [0.1, 0.15) is 30.1 Å². The van der Waals surface area contributed by atoms with Crippen molar-refractivity contribution in [1.82, 2.24) is 10.3 Å². The van der Waals surface area contributed by atoms with Crippen LogP contribution >= 0.6 is 11.6 Å². The Kier molecular flexibility index (Phi) is 5.58. The van der Waals surface area contributed by atoms with Crippen molar-refractivity contribution in [2.45, 2.75) is 19.8 Å². The topological polar surface area (TPSA) is 75.3 Å². The molecular weight excluding hydrogens is 276 g/mol. The van der Waals surface area contributed by atoms with Gasteiger partial charge in [-0.2, -0.15) is 0 Å². The number of sulfonamides is 1. The first-order valence-corrected chi connectivity index (χ1v) is 7.53. The molecule has 0 saturated carbocycles. The summed E-state index contributed by atoms with van der Waals surface area (Å²) >= 11 is 5.68. The van der Waals surface area contributed by atoms with Crippen molar-refractivity contribution in [2.75, 3.05) is 5.75 Å². The summed E-state index contributed by atoms with van der Waals surface area (Å²) in [5, 5.41) is 0.509. The van der Waals surface area contributed by atoms with Gasteiger partial charge in [-0.15, -0.1) is 4.83 Å². The van der Waals surface area contributed by atoms with Crippen molar-refractivity contribution in [3.05, 3.63) is 34.9 Å². The highest BCUT2D eigenvalue weighted by atomic mass is 35.5. The Labute approximate surface area is 112 Å². The van der Waals surface area contributed by atoms with Crippen LogP contribution in [0, 0.1) is 0 Å². The molecule has 2 N–H and O–H groups in total. The van der Waals surface area contributed by atoms with Crippen molar-refractivity contribution in [3.63, 3.8) is 0 Å². The maximum Gasteiger partial charge on any atom is 0.266 e. The van der Waals surface area contributed by atoms with E-state index in [4.69, 9.17) is 11.6 Å². The average molecular weight is 291 g/mol. The highest BCUT2D eigenvalue weighted by Gasteiger charge is 2.11. The number of carbonyl (C=O) groups excluding carboxylic acids is 1. The first kappa shape index (κ1) is 14.9. The minimum absolute atomic E-state index is 0.00953. The third-order valence-electron chi connectivity index (χ3n) is 2.19. The average Bonchev–Trinajstić information content (AvgIpc) is 2.35. The van der Waals surface area contributed by atoms with Gasteiger partial charge in [0.25, 0.3) is 5.91 Å². The number of hydrazine groups is 1. The molecule has 0 fully saturated rings. The van der Waals surface area contributed by atoms with Gasteiger partial charge >= 0.3 is 0 Å². The van der Waals surface area contributed by atoms with E-state index in [0.29, 0.717) is 17.0 Å². The summed E-state index contributed by atoms with van der Waals surface area (Å²) in [5.74, 6) is -0.531. The third kappa shape index (κ3) is 5.03. The van der Waals surface area contributed by atoms with Gasteiger partial charge in [0, 0.05) is 10.6 Å². The molecule has 0 aliphatic carbocycles. The summed E-state index contributed by atoms with van der Waals surface area (Å²) in [5.41, 5.74) is 2.48. The van der Waals surface area contributed by atoms with Gasteiger partial charge in [0.1, 0.15) is 0 Å². The zero-order valence-corrected chi connectivity index (χ0v) is 11.5. The molecule has 0 unspecified atom stereocenters. The largest absolute Gasteiger partial charge is 0.274 e. The Morgan fingerprint density at radius 2 is 1.89 bits per heavy atom. The minimum Gasteiger partial charge on any atom is -0.274 e. The minimum atomic E-state index is -3.46. The molecule has 0 atom stereocenters. The SMILES string of the molecule is CCCCS(=O)(=O)NNC(=O)c1ccc(Cl)cc1. The second kappa shape index (κ2) is 6.72. The van der Waals surface area contributed by atoms with Crippen LogP contribution in [-0.4, -0.2) is 20.1 Å². The van der Waals surface area contributed by atoms with E-state index in [9.17, 15) is 13.2 Å². The fourth-order valence-electron chi connectivity index (χ4n) is 1.18. The van der Waals surface area contributed by atoms with Crippen molar-refractivity contribution < 1.29 is 13.2 Å².